The first-order valence-electron chi connectivity index (χ1n) is 7.25. The molecular formula is C16H15ClN2O4S. The van der Waals surface area contributed by atoms with Gasteiger partial charge in [-0.1, -0.05) is 23.7 Å². The Morgan fingerprint density at radius 2 is 1.88 bits per heavy atom. The third-order valence-corrected chi connectivity index (χ3v) is 5.77. The summed E-state index contributed by atoms with van der Waals surface area (Å²) < 4.78 is 31.9. The fraction of sp³-hybridized carbons (Fsp3) is 0.250. The summed E-state index contributed by atoms with van der Waals surface area (Å²) in [5.74, 6) is 0.305. The minimum atomic E-state index is -3.58. The molecule has 1 fully saturated rings. The number of nitrogens with zero attached hydrogens (tertiary/aromatic N) is 2. The molecule has 1 aromatic carbocycles. The van der Waals surface area contributed by atoms with Gasteiger partial charge in [-0.3, -0.25) is 4.79 Å². The Kier molecular flexibility index (Phi) is 4.58. The van der Waals surface area contributed by atoms with Gasteiger partial charge < -0.3 is 4.74 Å². The molecule has 8 heteroatoms. The van der Waals surface area contributed by atoms with Gasteiger partial charge in [-0.25, -0.2) is 13.4 Å². The van der Waals surface area contributed by atoms with E-state index in [4.69, 9.17) is 16.3 Å². The summed E-state index contributed by atoms with van der Waals surface area (Å²) in [6, 6.07) is 9.22. The molecule has 0 bridgehead atoms. The normalized spacial score (nSPS) is 15.8. The topological polar surface area (TPSA) is 76.6 Å². The van der Waals surface area contributed by atoms with Gasteiger partial charge in [0.1, 0.15) is 6.10 Å². The minimum Gasteiger partial charge on any atom is -0.472 e. The van der Waals surface area contributed by atoms with Crippen LogP contribution in [0.25, 0.3) is 0 Å². The van der Waals surface area contributed by atoms with E-state index in [1.807, 2.05) is 0 Å². The van der Waals surface area contributed by atoms with E-state index >= 15 is 0 Å². The lowest BCUT2D eigenvalue weighted by Crippen LogP contribution is -2.56. The van der Waals surface area contributed by atoms with Crippen molar-refractivity contribution in [1.29, 1.82) is 0 Å². The molecule has 126 valence electrons. The molecule has 1 saturated heterocycles. The van der Waals surface area contributed by atoms with Crippen LogP contribution in [0.2, 0.25) is 5.02 Å². The van der Waals surface area contributed by atoms with E-state index in [2.05, 4.69) is 4.98 Å². The predicted octanol–water partition coefficient (Wildman–Crippen LogP) is 2.39. The summed E-state index contributed by atoms with van der Waals surface area (Å²) in [4.78, 5) is 15.4. The first-order chi connectivity index (χ1) is 11.4. The van der Waals surface area contributed by atoms with E-state index in [0.29, 0.717) is 16.5 Å². The molecule has 2 heterocycles. The average molecular weight is 367 g/mol. The summed E-state index contributed by atoms with van der Waals surface area (Å²) in [7, 11) is -3.58. The van der Waals surface area contributed by atoms with Crippen LogP contribution in [0.1, 0.15) is 17.3 Å². The highest BCUT2D eigenvalue weighted by atomic mass is 35.5. The number of carbonyl (C=O) groups excluding carboxylic acids is 1. The van der Waals surface area contributed by atoms with Crippen LogP contribution >= 0.6 is 11.6 Å². The molecule has 1 aromatic heterocycles. The third-order valence-electron chi connectivity index (χ3n) is 3.70. The Balaban J connectivity index is 1.63. The van der Waals surface area contributed by atoms with Crippen molar-refractivity contribution in [2.45, 2.75) is 17.9 Å². The Labute approximate surface area is 145 Å². The average Bonchev–Trinajstić information content (AvgIpc) is 2.52. The second-order valence-electron chi connectivity index (χ2n) is 5.46. The molecular weight excluding hydrogens is 352 g/mol. The number of carbonyl (C=O) groups is 1. The Hall–Kier alpha value is -1.96. The van der Waals surface area contributed by atoms with Crippen molar-refractivity contribution in [2.75, 3.05) is 13.1 Å². The number of aromatic nitrogens is 1. The van der Waals surface area contributed by atoms with Gasteiger partial charge >= 0.3 is 0 Å². The van der Waals surface area contributed by atoms with Gasteiger partial charge in [-0.15, -0.1) is 0 Å². The summed E-state index contributed by atoms with van der Waals surface area (Å²) in [6.45, 7) is 1.94. The first-order valence-corrected chi connectivity index (χ1v) is 9.07. The Bertz CT molecular complexity index is 845. The van der Waals surface area contributed by atoms with E-state index in [1.54, 1.807) is 12.1 Å². The van der Waals surface area contributed by atoms with E-state index in [0.717, 1.165) is 0 Å². The van der Waals surface area contributed by atoms with E-state index in [9.17, 15) is 13.2 Å². The minimum absolute atomic E-state index is 0.105. The molecule has 0 saturated carbocycles. The summed E-state index contributed by atoms with van der Waals surface area (Å²) >= 11 is 5.75. The van der Waals surface area contributed by atoms with Gasteiger partial charge in [0.25, 0.3) is 0 Å². The number of ether oxygens (including phenoxy) is 1. The van der Waals surface area contributed by atoms with Crippen molar-refractivity contribution in [2.24, 2.45) is 0 Å². The molecule has 0 aliphatic carbocycles. The van der Waals surface area contributed by atoms with Gasteiger partial charge in [0.05, 0.1) is 23.0 Å². The number of benzene rings is 1. The zero-order valence-corrected chi connectivity index (χ0v) is 14.4. The molecule has 0 spiro atoms. The number of ketones is 1. The zero-order chi connectivity index (χ0) is 17.3. The van der Waals surface area contributed by atoms with E-state index in [-0.39, 0.29) is 29.9 Å². The van der Waals surface area contributed by atoms with Crippen molar-refractivity contribution in [3.63, 3.8) is 0 Å². The van der Waals surface area contributed by atoms with Gasteiger partial charge in [-0.05, 0) is 25.1 Å². The number of sulfonamides is 1. The maximum absolute atomic E-state index is 12.5. The lowest BCUT2D eigenvalue weighted by atomic mass is 10.2. The summed E-state index contributed by atoms with van der Waals surface area (Å²) in [6.07, 6.45) is 1.23. The van der Waals surface area contributed by atoms with Gasteiger partial charge in [-0.2, -0.15) is 4.31 Å². The highest BCUT2D eigenvalue weighted by Gasteiger charge is 2.38. The first kappa shape index (κ1) is 16.9. The van der Waals surface area contributed by atoms with Gasteiger partial charge in [0, 0.05) is 17.8 Å². The largest absolute Gasteiger partial charge is 0.472 e. The summed E-state index contributed by atoms with van der Waals surface area (Å²) in [5, 5.41) is 0.508. The predicted molar refractivity (Wildman–Crippen MR) is 88.9 cm³/mol. The number of halogens is 1. The van der Waals surface area contributed by atoms with Crippen LogP contribution in [0, 0.1) is 0 Å². The van der Waals surface area contributed by atoms with Gasteiger partial charge in [0.15, 0.2) is 5.78 Å². The summed E-state index contributed by atoms with van der Waals surface area (Å²) in [5.41, 5.74) is 0.479. The number of pyridine rings is 1. The van der Waals surface area contributed by atoms with Gasteiger partial charge in [0.2, 0.25) is 15.9 Å². The van der Waals surface area contributed by atoms with Crippen molar-refractivity contribution in [1.82, 2.24) is 9.29 Å². The fourth-order valence-corrected chi connectivity index (χ4v) is 3.90. The van der Waals surface area contributed by atoms with Crippen LogP contribution < -0.4 is 4.74 Å². The van der Waals surface area contributed by atoms with Crippen molar-refractivity contribution >= 4 is 27.4 Å². The fourth-order valence-electron chi connectivity index (χ4n) is 2.28. The number of hydrogen-bond acceptors (Lipinski definition) is 5. The lowest BCUT2D eigenvalue weighted by molar-refractivity contribution is 0.0721. The molecule has 24 heavy (non-hydrogen) atoms. The van der Waals surface area contributed by atoms with Crippen LogP contribution in [-0.4, -0.2) is 42.7 Å². The molecule has 0 radical (unpaired) electrons. The Morgan fingerprint density at radius 1 is 1.21 bits per heavy atom. The molecule has 0 N–H and O–H groups in total. The number of hydrogen-bond donors (Lipinski definition) is 0. The molecule has 0 unspecified atom stereocenters. The van der Waals surface area contributed by atoms with Crippen LogP contribution in [-0.2, 0) is 10.0 Å². The molecule has 0 amide bonds. The zero-order valence-electron chi connectivity index (χ0n) is 12.8. The van der Waals surface area contributed by atoms with Crippen molar-refractivity contribution < 1.29 is 17.9 Å². The Morgan fingerprint density at radius 3 is 2.42 bits per heavy atom. The second-order valence-corrected chi connectivity index (χ2v) is 7.83. The molecule has 1 aliphatic heterocycles. The van der Waals surface area contributed by atoms with Crippen molar-refractivity contribution in [3.8, 4) is 5.88 Å². The quantitative estimate of drug-likeness (QED) is 0.759. The SMILES string of the molecule is CC(=O)c1ccc(S(=O)(=O)N2CC(Oc3ccc(Cl)cn3)C2)cc1. The maximum Gasteiger partial charge on any atom is 0.243 e. The van der Waals surface area contributed by atoms with Crippen molar-refractivity contribution in [3.05, 3.63) is 53.2 Å². The number of rotatable bonds is 5. The van der Waals surface area contributed by atoms with E-state index in [1.165, 1.54) is 41.7 Å². The highest BCUT2D eigenvalue weighted by Crippen LogP contribution is 2.24. The monoisotopic (exact) mass is 366 g/mol. The molecule has 1 aliphatic rings. The van der Waals surface area contributed by atoms with Crippen LogP contribution in [0.4, 0.5) is 0 Å². The molecule has 0 atom stereocenters. The van der Waals surface area contributed by atoms with Crippen LogP contribution in [0.3, 0.4) is 0 Å². The lowest BCUT2D eigenvalue weighted by Gasteiger charge is -2.37. The van der Waals surface area contributed by atoms with E-state index < -0.39 is 10.0 Å². The molecule has 2 aromatic rings. The highest BCUT2D eigenvalue weighted by molar-refractivity contribution is 7.89. The molecule has 3 rings (SSSR count). The third kappa shape index (κ3) is 3.43. The van der Waals surface area contributed by atoms with Crippen LogP contribution in [0.15, 0.2) is 47.5 Å². The maximum atomic E-state index is 12.5. The number of Topliss-reactive ketones (excluding diaryl/α,β-unsaturated/α-hetero) is 1. The molecule has 6 nitrogen and oxygen atoms in total. The second kappa shape index (κ2) is 6.51. The smallest absolute Gasteiger partial charge is 0.243 e. The standard InChI is InChI=1S/C16H15ClN2O4S/c1-11(20)12-2-5-15(6-3-12)24(21,22)19-9-14(10-19)23-16-7-4-13(17)8-18-16/h2-8,14H,9-10H2,1H3. The van der Waals surface area contributed by atoms with Crippen LogP contribution in [0.5, 0.6) is 5.88 Å².